The number of benzene rings is 1. The third kappa shape index (κ3) is 5.06. The minimum absolute atomic E-state index is 0.0229. The predicted octanol–water partition coefficient (Wildman–Crippen LogP) is 2.50. The molecule has 1 aromatic carbocycles. The molecule has 0 saturated carbocycles. The third-order valence-electron chi connectivity index (χ3n) is 4.95. The second kappa shape index (κ2) is 8.66. The number of carbonyl (C=O) groups excluding carboxylic acids is 2. The highest BCUT2D eigenvalue weighted by molar-refractivity contribution is 5.94. The van der Waals surface area contributed by atoms with Crippen LogP contribution in [0.4, 0.5) is 0 Å². The van der Waals surface area contributed by atoms with Crippen LogP contribution in [0, 0.1) is 13.8 Å². The van der Waals surface area contributed by atoms with Gasteiger partial charge in [-0.3, -0.25) is 14.6 Å². The first-order valence-corrected chi connectivity index (χ1v) is 9.21. The van der Waals surface area contributed by atoms with Gasteiger partial charge in [0.05, 0.1) is 5.56 Å². The normalized spacial score (nSPS) is 14.7. The van der Waals surface area contributed by atoms with Crippen molar-refractivity contribution >= 4 is 11.8 Å². The largest absolute Gasteiger partial charge is 0.484 e. The van der Waals surface area contributed by atoms with Crippen molar-refractivity contribution in [2.45, 2.75) is 32.7 Å². The molecule has 0 bridgehead atoms. The predicted molar refractivity (Wildman–Crippen MR) is 103 cm³/mol. The Balaban J connectivity index is 1.43. The highest BCUT2D eigenvalue weighted by atomic mass is 16.5. The lowest BCUT2D eigenvalue weighted by Crippen LogP contribution is -2.47. The zero-order valence-electron chi connectivity index (χ0n) is 15.8. The fourth-order valence-corrected chi connectivity index (χ4v) is 3.08. The van der Waals surface area contributed by atoms with Gasteiger partial charge in [0.25, 0.3) is 11.8 Å². The van der Waals surface area contributed by atoms with Crippen LogP contribution in [0.25, 0.3) is 0 Å². The molecular weight excluding hydrogens is 342 g/mol. The van der Waals surface area contributed by atoms with Crippen LogP contribution < -0.4 is 10.1 Å². The molecule has 1 aliphatic rings. The number of amides is 2. The molecule has 1 aromatic heterocycles. The molecule has 1 fully saturated rings. The summed E-state index contributed by atoms with van der Waals surface area (Å²) in [6.45, 7) is 5.34. The number of likely N-dealkylation sites (tertiary alicyclic amines) is 1. The monoisotopic (exact) mass is 367 g/mol. The van der Waals surface area contributed by atoms with Crippen molar-refractivity contribution in [3.8, 4) is 5.75 Å². The number of aromatic nitrogens is 1. The van der Waals surface area contributed by atoms with E-state index in [9.17, 15) is 9.59 Å². The summed E-state index contributed by atoms with van der Waals surface area (Å²) in [7, 11) is 0. The quantitative estimate of drug-likeness (QED) is 0.881. The van der Waals surface area contributed by atoms with Crippen LogP contribution in [-0.2, 0) is 4.79 Å². The van der Waals surface area contributed by atoms with Gasteiger partial charge in [-0.2, -0.15) is 0 Å². The third-order valence-corrected chi connectivity index (χ3v) is 4.95. The van der Waals surface area contributed by atoms with E-state index >= 15 is 0 Å². The minimum atomic E-state index is -0.119. The number of pyridine rings is 1. The molecule has 0 unspecified atom stereocenters. The summed E-state index contributed by atoms with van der Waals surface area (Å²) in [6, 6.07) is 9.38. The Bertz CT molecular complexity index is 800. The first kappa shape index (κ1) is 18.9. The lowest BCUT2D eigenvalue weighted by molar-refractivity contribution is -0.134. The van der Waals surface area contributed by atoms with E-state index in [0.29, 0.717) is 24.4 Å². The van der Waals surface area contributed by atoms with Crippen molar-refractivity contribution < 1.29 is 14.3 Å². The summed E-state index contributed by atoms with van der Waals surface area (Å²) in [4.78, 5) is 30.3. The van der Waals surface area contributed by atoms with Crippen molar-refractivity contribution in [3.63, 3.8) is 0 Å². The first-order valence-electron chi connectivity index (χ1n) is 9.21. The van der Waals surface area contributed by atoms with Gasteiger partial charge in [0.2, 0.25) is 0 Å². The number of hydrogen-bond donors (Lipinski definition) is 1. The first-order chi connectivity index (χ1) is 13.0. The van der Waals surface area contributed by atoms with Crippen molar-refractivity contribution in [2.24, 2.45) is 0 Å². The summed E-state index contributed by atoms with van der Waals surface area (Å²) in [5.74, 6) is 0.571. The average Bonchev–Trinajstić information content (AvgIpc) is 2.70. The minimum Gasteiger partial charge on any atom is -0.484 e. The summed E-state index contributed by atoms with van der Waals surface area (Å²) in [6.07, 6.45) is 4.67. The molecular formula is C21H25N3O3. The standard InChI is InChI=1S/C21H25N3O3/c1-15-5-6-19(12-16(15)2)27-14-20(25)24-10-7-18(8-11-24)23-21(26)17-4-3-9-22-13-17/h3-6,9,12-13,18H,7-8,10-11,14H2,1-2H3,(H,23,26). The van der Waals surface area contributed by atoms with E-state index in [0.717, 1.165) is 18.4 Å². The lowest BCUT2D eigenvalue weighted by Gasteiger charge is -2.32. The summed E-state index contributed by atoms with van der Waals surface area (Å²) in [5, 5.41) is 3.02. The van der Waals surface area contributed by atoms with Crippen molar-refractivity contribution in [1.82, 2.24) is 15.2 Å². The van der Waals surface area contributed by atoms with E-state index in [1.165, 1.54) is 5.56 Å². The van der Waals surface area contributed by atoms with Crippen LogP contribution in [0.3, 0.4) is 0 Å². The van der Waals surface area contributed by atoms with Crippen LogP contribution in [0.15, 0.2) is 42.7 Å². The Morgan fingerprint density at radius 1 is 1.19 bits per heavy atom. The maximum Gasteiger partial charge on any atom is 0.260 e. The number of hydrogen-bond acceptors (Lipinski definition) is 4. The van der Waals surface area contributed by atoms with Gasteiger partial charge < -0.3 is 15.0 Å². The van der Waals surface area contributed by atoms with E-state index < -0.39 is 0 Å². The van der Waals surface area contributed by atoms with Crippen molar-refractivity contribution in [2.75, 3.05) is 19.7 Å². The number of piperidine rings is 1. The van der Waals surface area contributed by atoms with Gasteiger partial charge >= 0.3 is 0 Å². The van der Waals surface area contributed by atoms with Gasteiger partial charge in [0.1, 0.15) is 5.75 Å². The second-order valence-electron chi connectivity index (χ2n) is 6.90. The molecule has 6 nitrogen and oxygen atoms in total. The van der Waals surface area contributed by atoms with E-state index in [2.05, 4.69) is 10.3 Å². The molecule has 0 radical (unpaired) electrons. The molecule has 3 rings (SSSR count). The van der Waals surface area contributed by atoms with Gasteiger partial charge in [-0.05, 0) is 62.1 Å². The van der Waals surface area contributed by atoms with Crippen LogP contribution in [0.2, 0.25) is 0 Å². The van der Waals surface area contributed by atoms with Crippen LogP contribution in [0.1, 0.15) is 34.3 Å². The average molecular weight is 367 g/mol. The fraction of sp³-hybridized carbons (Fsp3) is 0.381. The molecule has 27 heavy (non-hydrogen) atoms. The Hall–Kier alpha value is -2.89. The molecule has 6 heteroatoms. The van der Waals surface area contributed by atoms with Crippen LogP contribution in [0.5, 0.6) is 5.75 Å². The summed E-state index contributed by atoms with van der Waals surface area (Å²) >= 11 is 0. The molecule has 0 spiro atoms. The molecule has 0 atom stereocenters. The lowest BCUT2D eigenvalue weighted by atomic mass is 10.0. The zero-order chi connectivity index (χ0) is 19.2. The van der Waals surface area contributed by atoms with E-state index in [1.807, 2.05) is 32.0 Å². The Morgan fingerprint density at radius 3 is 2.63 bits per heavy atom. The Kier molecular flexibility index (Phi) is 6.06. The van der Waals surface area contributed by atoms with Gasteiger partial charge in [-0.15, -0.1) is 0 Å². The molecule has 1 saturated heterocycles. The highest BCUT2D eigenvalue weighted by Crippen LogP contribution is 2.17. The van der Waals surface area contributed by atoms with E-state index in [1.54, 1.807) is 29.4 Å². The van der Waals surface area contributed by atoms with E-state index in [-0.39, 0.29) is 24.5 Å². The second-order valence-corrected chi connectivity index (χ2v) is 6.90. The molecule has 142 valence electrons. The fourth-order valence-electron chi connectivity index (χ4n) is 3.08. The smallest absolute Gasteiger partial charge is 0.260 e. The molecule has 2 aromatic rings. The maximum atomic E-state index is 12.4. The molecule has 2 heterocycles. The highest BCUT2D eigenvalue weighted by Gasteiger charge is 2.24. The topological polar surface area (TPSA) is 71.5 Å². The molecule has 2 amide bonds. The number of aryl methyl sites for hydroxylation is 2. The number of rotatable bonds is 5. The molecule has 1 aliphatic heterocycles. The van der Waals surface area contributed by atoms with Gasteiger partial charge in [-0.1, -0.05) is 6.07 Å². The number of nitrogens with zero attached hydrogens (tertiary/aromatic N) is 2. The Morgan fingerprint density at radius 2 is 1.96 bits per heavy atom. The van der Waals surface area contributed by atoms with Gasteiger partial charge in [0.15, 0.2) is 6.61 Å². The van der Waals surface area contributed by atoms with Crippen LogP contribution >= 0.6 is 0 Å². The SMILES string of the molecule is Cc1ccc(OCC(=O)N2CCC(NC(=O)c3cccnc3)CC2)cc1C. The summed E-state index contributed by atoms with van der Waals surface area (Å²) < 4.78 is 5.64. The molecule has 0 aliphatic carbocycles. The maximum absolute atomic E-state index is 12.4. The molecule has 1 N–H and O–H groups in total. The number of ether oxygens (including phenoxy) is 1. The van der Waals surface area contributed by atoms with Crippen LogP contribution in [-0.4, -0.2) is 47.4 Å². The van der Waals surface area contributed by atoms with Gasteiger partial charge in [0, 0.05) is 31.5 Å². The van der Waals surface area contributed by atoms with Gasteiger partial charge in [-0.25, -0.2) is 0 Å². The summed E-state index contributed by atoms with van der Waals surface area (Å²) in [5.41, 5.74) is 2.90. The zero-order valence-corrected chi connectivity index (χ0v) is 15.8. The van der Waals surface area contributed by atoms with E-state index in [4.69, 9.17) is 4.74 Å². The Labute approximate surface area is 159 Å². The van der Waals surface area contributed by atoms with Crippen molar-refractivity contribution in [1.29, 1.82) is 0 Å². The van der Waals surface area contributed by atoms with Crippen molar-refractivity contribution in [3.05, 3.63) is 59.4 Å². The number of carbonyl (C=O) groups is 2. The number of nitrogens with one attached hydrogen (secondary N) is 1.